The van der Waals surface area contributed by atoms with Crippen molar-refractivity contribution in [2.75, 3.05) is 13.1 Å². The molecule has 0 saturated carbocycles. The van der Waals surface area contributed by atoms with Crippen LogP contribution < -0.4 is 0 Å². The van der Waals surface area contributed by atoms with Gasteiger partial charge in [-0.3, -0.25) is 4.99 Å². The van der Waals surface area contributed by atoms with Gasteiger partial charge in [0.1, 0.15) is 11.0 Å². The number of hydrogen-bond donors (Lipinski definition) is 0. The fraction of sp³-hybridized carbons (Fsp3) is 0.583. The van der Waals surface area contributed by atoms with Crippen molar-refractivity contribution in [3.8, 4) is 0 Å². The molecule has 0 N–H and O–H groups in total. The third-order valence-electron chi connectivity index (χ3n) is 3.06. The number of likely N-dealkylation sites (tertiary alicyclic amines) is 1. The standard InChI is InChI=1S/C12H15ClF4N2/c1-8(14)10(7-11(13)18-2)19-5-3-9(4-6-19)12(15,16)17/h7,9H,2-6H2,1H3/b10-8-,11-7-. The van der Waals surface area contributed by atoms with Crippen molar-refractivity contribution in [1.82, 2.24) is 4.90 Å². The summed E-state index contributed by atoms with van der Waals surface area (Å²) in [7, 11) is 0. The fourth-order valence-corrected chi connectivity index (χ4v) is 2.12. The van der Waals surface area contributed by atoms with E-state index in [0.717, 1.165) is 0 Å². The summed E-state index contributed by atoms with van der Waals surface area (Å²) in [5.41, 5.74) is 0.165. The molecule has 108 valence electrons. The highest BCUT2D eigenvalue weighted by Crippen LogP contribution is 2.35. The number of nitrogens with zero attached hydrogens (tertiary/aromatic N) is 2. The molecule has 1 rings (SSSR count). The van der Waals surface area contributed by atoms with Crippen molar-refractivity contribution in [2.45, 2.75) is 25.9 Å². The zero-order valence-electron chi connectivity index (χ0n) is 10.5. The van der Waals surface area contributed by atoms with Crippen LogP contribution in [0.3, 0.4) is 0 Å². The molecule has 0 spiro atoms. The number of alkyl halides is 3. The van der Waals surface area contributed by atoms with Crippen LogP contribution >= 0.6 is 11.6 Å². The topological polar surface area (TPSA) is 15.6 Å². The van der Waals surface area contributed by atoms with Crippen molar-refractivity contribution >= 4 is 18.3 Å². The third-order valence-corrected chi connectivity index (χ3v) is 3.29. The zero-order chi connectivity index (χ0) is 14.6. The molecule has 0 aromatic heterocycles. The van der Waals surface area contributed by atoms with E-state index in [1.807, 2.05) is 0 Å². The zero-order valence-corrected chi connectivity index (χ0v) is 11.2. The molecule has 0 atom stereocenters. The lowest BCUT2D eigenvalue weighted by molar-refractivity contribution is -0.184. The Labute approximate surface area is 114 Å². The molecule has 0 aromatic carbocycles. The van der Waals surface area contributed by atoms with Crippen LogP contribution in [0.1, 0.15) is 19.8 Å². The molecule has 0 radical (unpaired) electrons. The predicted molar refractivity (Wildman–Crippen MR) is 67.6 cm³/mol. The summed E-state index contributed by atoms with van der Waals surface area (Å²) < 4.78 is 51.0. The second-order valence-electron chi connectivity index (χ2n) is 4.35. The third kappa shape index (κ3) is 4.53. The van der Waals surface area contributed by atoms with Crippen LogP contribution in [0.2, 0.25) is 0 Å². The number of allylic oxidation sites excluding steroid dienone is 2. The summed E-state index contributed by atoms with van der Waals surface area (Å²) in [4.78, 5) is 4.98. The van der Waals surface area contributed by atoms with Crippen LogP contribution in [0.5, 0.6) is 0 Å². The van der Waals surface area contributed by atoms with Crippen molar-refractivity contribution in [2.24, 2.45) is 10.9 Å². The summed E-state index contributed by atoms with van der Waals surface area (Å²) >= 11 is 5.65. The Morgan fingerprint density at radius 2 is 1.89 bits per heavy atom. The number of hydrogen-bond acceptors (Lipinski definition) is 2. The molecular formula is C12H15ClF4N2. The largest absolute Gasteiger partial charge is 0.391 e. The van der Waals surface area contributed by atoms with Gasteiger partial charge in [-0.2, -0.15) is 13.2 Å². The molecule has 1 aliphatic rings. The first-order valence-electron chi connectivity index (χ1n) is 5.77. The van der Waals surface area contributed by atoms with E-state index in [0.29, 0.717) is 0 Å². The molecule has 1 heterocycles. The van der Waals surface area contributed by atoms with E-state index in [9.17, 15) is 17.6 Å². The van der Waals surface area contributed by atoms with Gasteiger partial charge in [0.2, 0.25) is 0 Å². The number of piperidine rings is 1. The van der Waals surface area contributed by atoms with Gasteiger partial charge in [-0.25, -0.2) is 4.39 Å². The minimum atomic E-state index is -4.18. The Hall–Kier alpha value is -1.04. The van der Waals surface area contributed by atoms with Gasteiger partial charge < -0.3 is 4.90 Å². The van der Waals surface area contributed by atoms with Gasteiger partial charge in [-0.15, -0.1) is 0 Å². The number of halogens is 5. The van der Waals surface area contributed by atoms with Gasteiger partial charge in [0.15, 0.2) is 0 Å². The summed E-state index contributed by atoms with van der Waals surface area (Å²) in [6.07, 6.45) is -3.00. The Balaban J connectivity index is 2.78. The first-order valence-corrected chi connectivity index (χ1v) is 6.15. The molecule has 0 amide bonds. The molecule has 0 aromatic rings. The predicted octanol–water partition coefficient (Wildman–Crippen LogP) is 4.24. The van der Waals surface area contributed by atoms with Gasteiger partial charge in [-0.05, 0) is 26.5 Å². The summed E-state index contributed by atoms with van der Waals surface area (Å²) in [6.45, 7) is 4.71. The molecule has 0 aliphatic carbocycles. The Morgan fingerprint density at radius 3 is 2.26 bits per heavy atom. The van der Waals surface area contributed by atoms with Gasteiger partial charge in [-0.1, -0.05) is 11.6 Å². The normalized spacial score (nSPS) is 20.3. The van der Waals surface area contributed by atoms with Crippen molar-refractivity contribution in [3.63, 3.8) is 0 Å². The molecule has 0 bridgehead atoms. The molecular weight excluding hydrogens is 284 g/mol. The molecule has 1 saturated heterocycles. The highest BCUT2D eigenvalue weighted by molar-refractivity contribution is 6.29. The van der Waals surface area contributed by atoms with Crippen molar-refractivity contribution < 1.29 is 17.6 Å². The molecule has 7 heteroatoms. The van der Waals surface area contributed by atoms with Crippen LogP contribution in [-0.2, 0) is 0 Å². The lowest BCUT2D eigenvalue weighted by Crippen LogP contribution is -2.38. The van der Waals surface area contributed by atoms with Gasteiger partial charge in [0.25, 0.3) is 0 Å². The highest BCUT2D eigenvalue weighted by Gasteiger charge is 2.41. The highest BCUT2D eigenvalue weighted by atomic mass is 35.5. The maximum Gasteiger partial charge on any atom is 0.391 e. The maximum absolute atomic E-state index is 13.4. The Kier molecular flexibility index (Phi) is 5.40. The van der Waals surface area contributed by atoms with E-state index in [4.69, 9.17) is 11.6 Å². The SMILES string of the molecule is C=N/C(Cl)=C\C(=C(/C)F)N1CCC(C(F)(F)F)CC1. The Bertz CT molecular complexity index is 389. The monoisotopic (exact) mass is 298 g/mol. The minimum Gasteiger partial charge on any atom is -0.369 e. The van der Waals surface area contributed by atoms with E-state index in [1.165, 1.54) is 13.0 Å². The Morgan fingerprint density at radius 1 is 1.37 bits per heavy atom. The lowest BCUT2D eigenvalue weighted by Gasteiger charge is -2.35. The molecule has 0 unspecified atom stereocenters. The first kappa shape index (κ1) is 16.0. The smallest absolute Gasteiger partial charge is 0.369 e. The second kappa shape index (κ2) is 6.41. The second-order valence-corrected chi connectivity index (χ2v) is 4.73. The number of aliphatic imine (C=N–C) groups is 1. The minimum absolute atomic E-state index is 0.00458. The average molecular weight is 299 g/mol. The molecule has 19 heavy (non-hydrogen) atoms. The van der Waals surface area contributed by atoms with Crippen molar-refractivity contribution in [3.05, 3.63) is 22.8 Å². The van der Waals surface area contributed by atoms with Gasteiger partial charge in [0, 0.05) is 19.2 Å². The van der Waals surface area contributed by atoms with Crippen LogP contribution in [0.4, 0.5) is 17.6 Å². The van der Waals surface area contributed by atoms with E-state index < -0.39 is 17.9 Å². The van der Waals surface area contributed by atoms with Gasteiger partial charge >= 0.3 is 6.18 Å². The molecule has 1 fully saturated rings. The van der Waals surface area contributed by atoms with E-state index in [1.54, 1.807) is 4.90 Å². The van der Waals surface area contributed by atoms with Crippen LogP contribution in [-0.4, -0.2) is 30.9 Å². The van der Waals surface area contributed by atoms with E-state index in [2.05, 4.69) is 11.7 Å². The fourth-order valence-electron chi connectivity index (χ4n) is 2.01. The van der Waals surface area contributed by atoms with E-state index >= 15 is 0 Å². The quantitative estimate of drug-likeness (QED) is 0.329. The van der Waals surface area contributed by atoms with E-state index in [-0.39, 0.29) is 36.8 Å². The summed E-state index contributed by atoms with van der Waals surface area (Å²) in [6, 6.07) is 0. The van der Waals surface area contributed by atoms with Crippen LogP contribution in [0.25, 0.3) is 0 Å². The lowest BCUT2D eigenvalue weighted by atomic mass is 9.96. The van der Waals surface area contributed by atoms with Crippen LogP contribution in [0, 0.1) is 5.92 Å². The van der Waals surface area contributed by atoms with Crippen molar-refractivity contribution in [1.29, 1.82) is 0 Å². The first-order chi connectivity index (χ1) is 8.75. The number of rotatable bonds is 3. The summed E-state index contributed by atoms with van der Waals surface area (Å²) in [5.74, 6) is -1.82. The molecule has 1 aliphatic heterocycles. The molecule has 2 nitrogen and oxygen atoms in total. The average Bonchev–Trinajstić information content (AvgIpc) is 2.34. The maximum atomic E-state index is 13.4. The summed E-state index contributed by atoms with van der Waals surface area (Å²) in [5, 5.41) is 0.00458. The van der Waals surface area contributed by atoms with Gasteiger partial charge in [0.05, 0.1) is 11.6 Å². The van der Waals surface area contributed by atoms with Crippen LogP contribution in [0.15, 0.2) is 27.7 Å².